The number of nitrogens with one attached hydrogen (secondary N) is 1. The Hall–Kier alpha value is -2.74. The van der Waals surface area contributed by atoms with Crippen LogP contribution in [-0.4, -0.2) is 22.4 Å². The van der Waals surface area contributed by atoms with Gasteiger partial charge in [-0.05, 0) is 36.4 Å². The Morgan fingerprint density at radius 2 is 1.92 bits per heavy atom. The van der Waals surface area contributed by atoms with Gasteiger partial charge in [-0.25, -0.2) is 4.98 Å². The minimum absolute atomic E-state index is 0.188. The summed E-state index contributed by atoms with van der Waals surface area (Å²) in [5, 5.41) is 5.47. The van der Waals surface area contributed by atoms with Crippen molar-refractivity contribution in [3.8, 4) is 11.3 Å². The van der Waals surface area contributed by atoms with Crippen molar-refractivity contribution < 1.29 is 18.0 Å². The fraction of sp³-hybridized carbons (Fsp3) is 0.167. The Morgan fingerprint density at radius 1 is 1.15 bits per heavy atom. The molecule has 0 fully saturated rings. The molecule has 0 radical (unpaired) electrons. The molecule has 1 aromatic carbocycles. The maximum atomic E-state index is 12.5. The zero-order chi connectivity index (χ0) is 18.6. The topological polar surface area (TPSA) is 54.9 Å². The van der Waals surface area contributed by atoms with Crippen molar-refractivity contribution in [3.05, 3.63) is 70.3 Å². The third-order valence-corrected chi connectivity index (χ3v) is 4.52. The quantitative estimate of drug-likeness (QED) is 0.725. The van der Waals surface area contributed by atoms with Crippen LogP contribution in [0.1, 0.15) is 20.9 Å². The van der Waals surface area contributed by atoms with E-state index in [0.717, 1.165) is 28.4 Å². The molecule has 2 aromatic heterocycles. The Bertz CT molecular complexity index is 877. The summed E-state index contributed by atoms with van der Waals surface area (Å²) in [5.41, 5.74) is 1.16. The second-order valence-corrected chi connectivity index (χ2v) is 6.39. The van der Waals surface area contributed by atoms with Gasteiger partial charge in [-0.2, -0.15) is 13.2 Å². The van der Waals surface area contributed by atoms with Crippen LogP contribution in [0.2, 0.25) is 0 Å². The van der Waals surface area contributed by atoms with E-state index in [4.69, 9.17) is 0 Å². The van der Waals surface area contributed by atoms with Gasteiger partial charge < -0.3 is 5.32 Å². The number of halogens is 3. The van der Waals surface area contributed by atoms with Crippen LogP contribution in [-0.2, 0) is 12.6 Å². The van der Waals surface area contributed by atoms with Crippen molar-refractivity contribution in [2.45, 2.75) is 12.6 Å². The van der Waals surface area contributed by atoms with Gasteiger partial charge in [0.25, 0.3) is 5.91 Å². The Labute approximate surface area is 151 Å². The van der Waals surface area contributed by atoms with Crippen LogP contribution in [0.5, 0.6) is 0 Å². The monoisotopic (exact) mass is 377 g/mol. The molecule has 0 saturated carbocycles. The number of hydrogen-bond donors (Lipinski definition) is 1. The molecule has 1 amide bonds. The number of thiazole rings is 1. The fourth-order valence-corrected chi connectivity index (χ4v) is 3.08. The van der Waals surface area contributed by atoms with Crippen LogP contribution in [0.25, 0.3) is 11.3 Å². The molecule has 1 N–H and O–H groups in total. The Kier molecular flexibility index (Phi) is 5.32. The molecule has 0 saturated heterocycles. The third-order valence-electron chi connectivity index (χ3n) is 3.61. The molecule has 0 bridgehead atoms. The van der Waals surface area contributed by atoms with E-state index >= 15 is 0 Å². The summed E-state index contributed by atoms with van der Waals surface area (Å²) >= 11 is 1.48. The van der Waals surface area contributed by atoms with Gasteiger partial charge in [-0.1, -0.05) is 0 Å². The normalized spacial score (nSPS) is 11.3. The van der Waals surface area contributed by atoms with E-state index in [1.807, 2.05) is 17.5 Å². The summed E-state index contributed by atoms with van der Waals surface area (Å²) in [6, 6.07) is 7.88. The zero-order valence-electron chi connectivity index (χ0n) is 13.5. The highest BCUT2D eigenvalue weighted by Gasteiger charge is 2.30. The average Bonchev–Trinajstić information content (AvgIpc) is 3.11. The molecule has 26 heavy (non-hydrogen) atoms. The van der Waals surface area contributed by atoms with Crippen molar-refractivity contribution in [1.29, 1.82) is 0 Å². The molecule has 0 aliphatic rings. The summed E-state index contributed by atoms with van der Waals surface area (Å²) < 4.78 is 37.6. The smallest absolute Gasteiger partial charge is 0.352 e. The summed E-state index contributed by atoms with van der Waals surface area (Å²) in [6.45, 7) is 0.347. The molecule has 2 heterocycles. The van der Waals surface area contributed by atoms with Crippen molar-refractivity contribution in [2.75, 3.05) is 6.54 Å². The number of hydrogen-bond acceptors (Lipinski definition) is 4. The molecule has 0 spiro atoms. The van der Waals surface area contributed by atoms with E-state index in [9.17, 15) is 18.0 Å². The van der Waals surface area contributed by atoms with Gasteiger partial charge in [0.1, 0.15) is 0 Å². The number of rotatable bonds is 5. The van der Waals surface area contributed by atoms with E-state index in [1.165, 1.54) is 23.5 Å². The lowest BCUT2D eigenvalue weighted by molar-refractivity contribution is -0.137. The summed E-state index contributed by atoms with van der Waals surface area (Å²) in [4.78, 5) is 20.5. The number of aromatic nitrogens is 2. The molecular formula is C18H14F3N3OS. The minimum atomic E-state index is -4.41. The summed E-state index contributed by atoms with van der Waals surface area (Å²) in [5.74, 6) is -0.414. The number of pyridine rings is 1. The van der Waals surface area contributed by atoms with E-state index in [0.29, 0.717) is 13.0 Å². The number of amides is 1. The lowest BCUT2D eigenvalue weighted by Crippen LogP contribution is -2.25. The molecule has 0 unspecified atom stereocenters. The lowest BCUT2D eigenvalue weighted by Gasteiger charge is -2.08. The highest BCUT2D eigenvalue weighted by atomic mass is 32.1. The Morgan fingerprint density at radius 3 is 2.58 bits per heavy atom. The molecular weight excluding hydrogens is 363 g/mol. The standard InChI is InChI=1S/C18H14F3N3OS/c19-18(20,21)14-5-3-12(4-6-14)17(25)23-9-7-16-24-15(11-26-16)13-2-1-8-22-10-13/h1-6,8,10-11H,7,9H2,(H,23,25). The first-order valence-corrected chi connectivity index (χ1v) is 8.62. The maximum absolute atomic E-state index is 12.5. The predicted molar refractivity (Wildman–Crippen MR) is 92.8 cm³/mol. The molecule has 8 heteroatoms. The first-order chi connectivity index (χ1) is 12.4. The van der Waals surface area contributed by atoms with E-state index in [-0.39, 0.29) is 5.56 Å². The van der Waals surface area contributed by atoms with E-state index < -0.39 is 17.6 Å². The average molecular weight is 377 g/mol. The third kappa shape index (κ3) is 4.45. The van der Waals surface area contributed by atoms with Gasteiger partial charge in [0, 0.05) is 41.9 Å². The highest BCUT2D eigenvalue weighted by Crippen LogP contribution is 2.29. The second-order valence-electron chi connectivity index (χ2n) is 5.45. The highest BCUT2D eigenvalue weighted by molar-refractivity contribution is 7.09. The number of carbonyl (C=O) groups excluding carboxylic acids is 1. The SMILES string of the molecule is O=C(NCCc1nc(-c2cccnc2)cs1)c1ccc(C(F)(F)F)cc1. The van der Waals surface area contributed by atoms with Crippen molar-refractivity contribution >= 4 is 17.2 Å². The van der Waals surface area contributed by atoms with Crippen LogP contribution >= 0.6 is 11.3 Å². The lowest BCUT2D eigenvalue weighted by atomic mass is 10.1. The number of benzene rings is 1. The molecule has 0 atom stereocenters. The van der Waals surface area contributed by atoms with Gasteiger partial charge in [0.05, 0.1) is 16.3 Å². The fourth-order valence-electron chi connectivity index (χ4n) is 2.27. The first-order valence-electron chi connectivity index (χ1n) is 7.74. The minimum Gasteiger partial charge on any atom is -0.352 e. The van der Waals surface area contributed by atoms with Crippen LogP contribution < -0.4 is 5.32 Å². The number of carbonyl (C=O) groups is 1. The predicted octanol–water partition coefficient (Wildman–Crippen LogP) is 4.20. The molecule has 0 aliphatic heterocycles. The van der Waals surface area contributed by atoms with E-state index in [1.54, 1.807) is 12.4 Å². The van der Waals surface area contributed by atoms with Crippen molar-refractivity contribution in [3.63, 3.8) is 0 Å². The van der Waals surface area contributed by atoms with Gasteiger partial charge in [0.15, 0.2) is 0 Å². The molecule has 3 aromatic rings. The number of nitrogens with zero attached hydrogens (tertiary/aromatic N) is 2. The van der Waals surface area contributed by atoms with Gasteiger partial charge in [-0.15, -0.1) is 11.3 Å². The maximum Gasteiger partial charge on any atom is 0.416 e. The summed E-state index contributed by atoms with van der Waals surface area (Å²) in [7, 11) is 0. The summed E-state index contributed by atoms with van der Waals surface area (Å²) in [6.07, 6.45) is -0.456. The Balaban J connectivity index is 1.53. The van der Waals surface area contributed by atoms with Crippen LogP contribution in [0.15, 0.2) is 54.2 Å². The largest absolute Gasteiger partial charge is 0.416 e. The first kappa shape index (κ1) is 18.1. The van der Waals surface area contributed by atoms with Gasteiger partial charge >= 0.3 is 6.18 Å². The van der Waals surface area contributed by atoms with E-state index in [2.05, 4.69) is 15.3 Å². The van der Waals surface area contributed by atoms with Crippen molar-refractivity contribution in [2.24, 2.45) is 0 Å². The van der Waals surface area contributed by atoms with Crippen LogP contribution in [0.4, 0.5) is 13.2 Å². The molecule has 4 nitrogen and oxygen atoms in total. The second kappa shape index (κ2) is 7.65. The van der Waals surface area contributed by atoms with Gasteiger partial charge in [-0.3, -0.25) is 9.78 Å². The van der Waals surface area contributed by atoms with Crippen LogP contribution in [0, 0.1) is 0 Å². The van der Waals surface area contributed by atoms with Gasteiger partial charge in [0.2, 0.25) is 0 Å². The zero-order valence-corrected chi connectivity index (χ0v) is 14.3. The van der Waals surface area contributed by atoms with Crippen molar-refractivity contribution in [1.82, 2.24) is 15.3 Å². The number of alkyl halides is 3. The molecule has 3 rings (SSSR count). The van der Waals surface area contributed by atoms with Crippen LogP contribution in [0.3, 0.4) is 0 Å². The molecule has 134 valence electrons. The molecule has 0 aliphatic carbocycles.